The normalized spacial score (nSPS) is 26.2. The Labute approximate surface area is 74.6 Å². The second-order valence-corrected chi connectivity index (χ2v) is 3.66. The molecule has 0 amide bonds. The van der Waals surface area contributed by atoms with E-state index in [-0.39, 0.29) is 0 Å². The number of fused-ring (bicyclic) bond motifs is 1. The van der Waals surface area contributed by atoms with Gasteiger partial charge in [0.25, 0.3) is 0 Å². The van der Waals surface area contributed by atoms with Crippen LogP contribution in [0.25, 0.3) is 0 Å². The third-order valence-corrected chi connectivity index (χ3v) is 3.16. The molecule has 2 atom stereocenters. The van der Waals surface area contributed by atoms with Crippen molar-refractivity contribution in [2.24, 2.45) is 0 Å². The van der Waals surface area contributed by atoms with Crippen molar-refractivity contribution in [3.63, 3.8) is 0 Å². The zero-order chi connectivity index (χ0) is 8.55. The molecular formula is C12H16. The lowest BCUT2D eigenvalue weighted by molar-refractivity contribution is 0.445. The molecule has 0 N–H and O–H groups in total. The second kappa shape index (κ2) is 2.93. The van der Waals surface area contributed by atoms with Gasteiger partial charge < -0.3 is 0 Å². The van der Waals surface area contributed by atoms with E-state index in [0.717, 1.165) is 11.8 Å². The van der Waals surface area contributed by atoms with Gasteiger partial charge in [0.1, 0.15) is 0 Å². The molecule has 0 radical (unpaired) electrons. The maximum Gasteiger partial charge on any atom is -0.00929 e. The summed E-state index contributed by atoms with van der Waals surface area (Å²) >= 11 is 0. The molecule has 0 saturated heterocycles. The summed E-state index contributed by atoms with van der Waals surface area (Å²) in [5.74, 6) is 1.71. The van der Waals surface area contributed by atoms with Gasteiger partial charge in [0.2, 0.25) is 0 Å². The van der Waals surface area contributed by atoms with Crippen LogP contribution in [0.2, 0.25) is 0 Å². The quantitative estimate of drug-likeness (QED) is 0.619. The highest BCUT2D eigenvalue weighted by molar-refractivity contribution is 5.44. The Morgan fingerprint density at radius 2 is 1.33 bits per heavy atom. The van der Waals surface area contributed by atoms with E-state index in [1.807, 2.05) is 0 Å². The van der Waals surface area contributed by atoms with E-state index in [9.17, 15) is 0 Å². The monoisotopic (exact) mass is 160 g/mol. The van der Waals surface area contributed by atoms with Gasteiger partial charge in [-0.3, -0.25) is 0 Å². The average Bonchev–Trinajstić information content (AvgIpc) is 2.08. The fourth-order valence-electron chi connectivity index (χ4n) is 2.53. The first-order valence-corrected chi connectivity index (χ1v) is 4.97. The smallest absolute Gasteiger partial charge is 0.00929 e. The molecule has 0 nitrogen and oxygen atoms in total. The van der Waals surface area contributed by atoms with E-state index in [1.54, 1.807) is 11.1 Å². The summed E-state index contributed by atoms with van der Waals surface area (Å²) in [6.45, 7) is 4.59. The summed E-state index contributed by atoms with van der Waals surface area (Å²) < 4.78 is 0. The predicted molar refractivity (Wildman–Crippen MR) is 52.5 cm³/mol. The summed E-state index contributed by atoms with van der Waals surface area (Å²) in [5.41, 5.74) is 3.21. The molecule has 2 rings (SSSR count). The Morgan fingerprint density at radius 3 is 1.67 bits per heavy atom. The van der Waals surface area contributed by atoms with Crippen LogP contribution in [-0.2, 0) is 0 Å². The van der Waals surface area contributed by atoms with Crippen molar-refractivity contribution >= 4 is 0 Å². The van der Waals surface area contributed by atoms with Gasteiger partial charge in [-0.25, -0.2) is 0 Å². The van der Waals surface area contributed by atoms with Crippen molar-refractivity contribution in [1.82, 2.24) is 0 Å². The molecule has 12 heavy (non-hydrogen) atoms. The molecule has 1 aliphatic rings. The van der Waals surface area contributed by atoms with E-state index in [2.05, 4.69) is 38.1 Å². The van der Waals surface area contributed by atoms with Gasteiger partial charge in [0.15, 0.2) is 0 Å². The van der Waals surface area contributed by atoms with Crippen molar-refractivity contribution < 1.29 is 0 Å². The summed E-state index contributed by atoms with van der Waals surface area (Å²) in [6, 6.07) is 8.89. The Balaban J connectivity index is 2.34. The highest BCUT2D eigenvalue weighted by atomic mass is 14.4. The lowest BCUT2D eigenvalue weighted by Crippen LogP contribution is -2.22. The van der Waals surface area contributed by atoms with Gasteiger partial charge in [0, 0.05) is 0 Å². The zero-order valence-electron chi connectivity index (χ0n) is 7.88. The molecule has 0 aromatic heterocycles. The van der Waals surface area contributed by atoms with Crippen molar-refractivity contribution in [3.8, 4) is 0 Å². The molecule has 0 spiro atoms. The van der Waals surface area contributed by atoms with Crippen molar-refractivity contribution in [2.45, 2.75) is 38.5 Å². The molecule has 64 valence electrons. The molecule has 1 aromatic rings. The molecule has 0 fully saturated rings. The first kappa shape index (κ1) is 7.85. The maximum absolute atomic E-state index is 2.29. The summed E-state index contributed by atoms with van der Waals surface area (Å²) in [5, 5.41) is 0. The first-order chi connectivity index (χ1) is 5.88. The van der Waals surface area contributed by atoms with Gasteiger partial charge in [0.05, 0.1) is 0 Å². The van der Waals surface area contributed by atoms with Crippen LogP contribution >= 0.6 is 0 Å². The van der Waals surface area contributed by atoms with E-state index in [0.29, 0.717) is 0 Å². The third kappa shape index (κ3) is 0.906. The molecule has 0 saturated carbocycles. The van der Waals surface area contributed by atoms with Crippen molar-refractivity contribution in [1.29, 1.82) is 0 Å². The predicted octanol–water partition coefficient (Wildman–Crippen LogP) is 3.69. The average molecular weight is 160 g/mol. The van der Waals surface area contributed by atoms with E-state index >= 15 is 0 Å². The molecular weight excluding hydrogens is 144 g/mol. The Hall–Kier alpha value is -0.780. The van der Waals surface area contributed by atoms with E-state index in [4.69, 9.17) is 0 Å². The number of hydrogen-bond acceptors (Lipinski definition) is 0. The fourth-order valence-corrected chi connectivity index (χ4v) is 2.53. The van der Waals surface area contributed by atoms with Crippen LogP contribution in [0.3, 0.4) is 0 Å². The Bertz CT molecular complexity index is 246. The highest BCUT2D eigenvalue weighted by Crippen LogP contribution is 2.49. The molecule has 2 unspecified atom stereocenters. The maximum atomic E-state index is 2.29. The van der Waals surface area contributed by atoms with Crippen LogP contribution in [0, 0.1) is 0 Å². The Kier molecular flexibility index (Phi) is 1.92. The summed E-state index contributed by atoms with van der Waals surface area (Å²) in [6.07, 6.45) is 2.60. The number of benzene rings is 1. The summed E-state index contributed by atoms with van der Waals surface area (Å²) in [7, 11) is 0. The van der Waals surface area contributed by atoms with Crippen LogP contribution in [0.15, 0.2) is 24.3 Å². The van der Waals surface area contributed by atoms with Crippen molar-refractivity contribution in [2.75, 3.05) is 0 Å². The highest BCUT2D eigenvalue weighted by Gasteiger charge is 2.33. The van der Waals surface area contributed by atoms with Crippen LogP contribution in [0.4, 0.5) is 0 Å². The standard InChI is InChI=1S/C12H16/c1-3-9-10(4-2)12-8-6-5-7-11(9)12/h5-10H,3-4H2,1-2H3. The lowest BCUT2D eigenvalue weighted by atomic mass is 9.66. The van der Waals surface area contributed by atoms with Gasteiger partial charge in [-0.2, -0.15) is 0 Å². The zero-order valence-corrected chi connectivity index (χ0v) is 7.88. The van der Waals surface area contributed by atoms with Gasteiger partial charge in [-0.05, 0) is 35.8 Å². The number of rotatable bonds is 2. The fraction of sp³-hybridized carbons (Fsp3) is 0.500. The second-order valence-electron chi connectivity index (χ2n) is 3.66. The first-order valence-electron chi connectivity index (χ1n) is 4.97. The summed E-state index contributed by atoms with van der Waals surface area (Å²) in [4.78, 5) is 0. The largest absolute Gasteiger partial charge is 0.0648 e. The molecule has 1 aliphatic carbocycles. The third-order valence-electron chi connectivity index (χ3n) is 3.16. The Morgan fingerprint density at radius 1 is 0.917 bits per heavy atom. The molecule has 0 aliphatic heterocycles. The minimum atomic E-state index is 0.853. The van der Waals surface area contributed by atoms with E-state index in [1.165, 1.54) is 12.8 Å². The molecule has 0 bridgehead atoms. The topological polar surface area (TPSA) is 0 Å². The molecule has 1 aromatic carbocycles. The van der Waals surface area contributed by atoms with Crippen LogP contribution in [0.1, 0.15) is 49.7 Å². The van der Waals surface area contributed by atoms with E-state index < -0.39 is 0 Å². The van der Waals surface area contributed by atoms with Crippen LogP contribution in [0.5, 0.6) is 0 Å². The SMILES string of the molecule is CCC1c2ccccc2C1CC. The number of hydrogen-bond donors (Lipinski definition) is 0. The minimum Gasteiger partial charge on any atom is -0.0648 e. The van der Waals surface area contributed by atoms with Crippen LogP contribution in [-0.4, -0.2) is 0 Å². The van der Waals surface area contributed by atoms with Gasteiger partial charge in [-0.1, -0.05) is 38.1 Å². The van der Waals surface area contributed by atoms with Gasteiger partial charge >= 0.3 is 0 Å². The minimum absolute atomic E-state index is 0.853. The van der Waals surface area contributed by atoms with Crippen LogP contribution < -0.4 is 0 Å². The van der Waals surface area contributed by atoms with Crippen molar-refractivity contribution in [3.05, 3.63) is 35.4 Å². The molecule has 0 heteroatoms. The van der Waals surface area contributed by atoms with Gasteiger partial charge in [-0.15, -0.1) is 0 Å². The lowest BCUT2D eigenvalue weighted by Gasteiger charge is -2.38. The molecule has 0 heterocycles.